The number of pyridine rings is 1. The fourth-order valence-corrected chi connectivity index (χ4v) is 2.82. The molecule has 0 unspecified atom stereocenters. The number of hydrogen-bond donors (Lipinski definition) is 0. The lowest BCUT2D eigenvalue weighted by Gasteiger charge is -2.35. The van der Waals surface area contributed by atoms with Crippen LogP contribution in [-0.2, 0) is 11.3 Å². The molecule has 3 rings (SSSR count). The smallest absolute Gasteiger partial charge is 0.222 e. The SMILES string of the molecule is O=C(CCCn1cccc1)N1CCN(c2ccccn2)CC1. The number of amides is 1. The zero-order valence-corrected chi connectivity index (χ0v) is 12.8. The second-order valence-corrected chi connectivity index (χ2v) is 5.58. The van der Waals surface area contributed by atoms with Crippen LogP contribution in [0.2, 0.25) is 0 Å². The Morgan fingerprint density at radius 1 is 1.05 bits per heavy atom. The second kappa shape index (κ2) is 7.11. The third-order valence-electron chi connectivity index (χ3n) is 4.08. The van der Waals surface area contributed by atoms with Gasteiger partial charge in [-0.05, 0) is 30.7 Å². The third kappa shape index (κ3) is 3.67. The predicted octanol–water partition coefficient (Wildman–Crippen LogP) is 2.01. The Morgan fingerprint density at radius 2 is 1.82 bits per heavy atom. The van der Waals surface area contributed by atoms with Crippen molar-refractivity contribution < 1.29 is 4.79 Å². The van der Waals surface area contributed by atoms with Crippen molar-refractivity contribution >= 4 is 11.7 Å². The van der Waals surface area contributed by atoms with Crippen molar-refractivity contribution in [1.29, 1.82) is 0 Å². The molecular formula is C17H22N4O. The van der Waals surface area contributed by atoms with E-state index >= 15 is 0 Å². The Labute approximate surface area is 131 Å². The van der Waals surface area contributed by atoms with Crippen molar-refractivity contribution in [2.75, 3.05) is 31.1 Å². The van der Waals surface area contributed by atoms with Crippen molar-refractivity contribution in [3.8, 4) is 0 Å². The number of rotatable bonds is 5. The van der Waals surface area contributed by atoms with Crippen LogP contribution >= 0.6 is 0 Å². The van der Waals surface area contributed by atoms with Gasteiger partial charge in [0.25, 0.3) is 0 Å². The minimum absolute atomic E-state index is 0.271. The van der Waals surface area contributed by atoms with Crippen LogP contribution in [0.25, 0.3) is 0 Å². The number of anilines is 1. The first-order chi connectivity index (χ1) is 10.8. The van der Waals surface area contributed by atoms with Crippen molar-refractivity contribution in [1.82, 2.24) is 14.5 Å². The molecule has 0 spiro atoms. The van der Waals surface area contributed by atoms with Crippen molar-refractivity contribution in [3.63, 3.8) is 0 Å². The van der Waals surface area contributed by atoms with E-state index in [4.69, 9.17) is 0 Å². The van der Waals surface area contributed by atoms with Gasteiger partial charge in [-0.1, -0.05) is 6.07 Å². The summed E-state index contributed by atoms with van der Waals surface area (Å²) in [6.45, 7) is 4.21. The Kier molecular flexibility index (Phi) is 4.73. The maximum absolute atomic E-state index is 12.3. The molecular weight excluding hydrogens is 276 g/mol. The van der Waals surface area contributed by atoms with Crippen LogP contribution in [0.4, 0.5) is 5.82 Å². The molecule has 0 aliphatic carbocycles. The number of hydrogen-bond acceptors (Lipinski definition) is 3. The maximum Gasteiger partial charge on any atom is 0.222 e. The first kappa shape index (κ1) is 14.6. The standard InChI is InChI=1S/C17H22N4O/c22-17(7-5-11-19-9-3-4-10-19)21-14-12-20(13-15-21)16-6-1-2-8-18-16/h1-4,6,8-10H,5,7,11-15H2. The normalized spacial score (nSPS) is 15.1. The first-order valence-electron chi connectivity index (χ1n) is 7.87. The quantitative estimate of drug-likeness (QED) is 0.848. The molecule has 5 nitrogen and oxygen atoms in total. The molecule has 5 heteroatoms. The van der Waals surface area contributed by atoms with Gasteiger partial charge in [-0.2, -0.15) is 0 Å². The molecule has 0 saturated carbocycles. The van der Waals surface area contributed by atoms with E-state index < -0.39 is 0 Å². The van der Waals surface area contributed by atoms with Gasteiger partial charge in [0.05, 0.1) is 0 Å². The Bertz CT molecular complexity index is 574. The minimum atomic E-state index is 0.271. The molecule has 0 aromatic carbocycles. The summed E-state index contributed by atoms with van der Waals surface area (Å²) in [6, 6.07) is 9.97. The largest absolute Gasteiger partial charge is 0.354 e. The summed E-state index contributed by atoms with van der Waals surface area (Å²) in [5, 5.41) is 0. The highest BCUT2D eigenvalue weighted by Gasteiger charge is 2.21. The molecule has 1 aliphatic heterocycles. The molecule has 2 aromatic heterocycles. The molecule has 22 heavy (non-hydrogen) atoms. The Morgan fingerprint density at radius 3 is 2.50 bits per heavy atom. The molecule has 1 fully saturated rings. The van der Waals surface area contributed by atoms with Crippen LogP contribution < -0.4 is 4.90 Å². The van der Waals surface area contributed by atoms with E-state index in [1.807, 2.05) is 53.8 Å². The monoisotopic (exact) mass is 298 g/mol. The second-order valence-electron chi connectivity index (χ2n) is 5.58. The summed E-state index contributed by atoms with van der Waals surface area (Å²) in [4.78, 5) is 20.8. The topological polar surface area (TPSA) is 41.4 Å². The first-order valence-corrected chi connectivity index (χ1v) is 7.87. The summed E-state index contributed by atoms with van der Waals surface area (Å²) in [7, 11) is 0. The molecule has 0 atom stereocenters. The van der Waals surface area contributed by atoms with E-state index in [2.05, 4.69) is 14.5 Å². The predicted molar refractivity (Wildman–Crippen MR) is 86.7 cm³/mol. The Balaban J connectivity index is 1.42. The molecule has 1 amide bonds. The van der Waals surface area contributed by atoms with Gasteiger partial charge in [-0.15, -0.1) is 0 Å². The van der Waals surface area contributed by atoms with Gasteiger partial charge in [-0.3, -0.25) is 4.79 Å². The van der Waals surface area contributed by atoms with Crippen molar-refractivity contribution in [3.05, 3.63) is 48.9 Å². The number of carbonyl (C=O) groups excluding carboxylic acids is 1. The summed E-state index contributed by atoms with van der Waals surface area (Å²) in [5.74, 6) is 1.27. The Hall–Kier alpha value is -2.30. The van der Waals surface area contributed by atoms with Gasteiger partial charge in [-0.25, -0.2) is 4.98 Å². The van der Waals surface area contributed by atoms with Crippen LogP contribution in [0.5, 0.6) is 0 Å². The molecule has 116 valence electrons. The van der Waals surface area contributed by atoms with Crippen LogP contribution in [0.1, 0.15) is 12.8 Å². The minimum Gasteiger partial charge on any atom is -0.354 e. The van der Waals surface area contributed by atoms with E-state index in [9.17, 15) is 4.79 Å². The van der Waals surface area contributed by atoms with Crippen LogP contribution in [0.3, 0.4) is 0 Å². The zero-order valence-electron chi connectivity index (χ0n) is 12.8. The summed E-state index contributed by atoms with van der Waals surface area (Å²) in [6.07, 6.45) is 7.41. The van der Waals surface area contributed by atoms with Crippen LogP contribution in [-0.4, -0.2) is 46.5 Å². The average Bonchev–Trinajstić information content (AvgIpc) is 3.09. The van der Waals surface area contributed by atoms with Crippen LogP contribution in [0, 0.1) is 0 Å². The molecule has 0 N–H and O–H groups in total. The van der Waals surface area contributed by atoms with E-state index in [1.165, 1.54) is 0 Å². The summed E-state index contributed by atoms with van der Waals surface area (Å²) >= 11 is 0. The van der Waals surface area contributed by atoms with Crippen LogP contribution in [0.15, 0.2) is 48.9 Å². The van der Waals surface area contributed by atoms with Crippen molar-refractivity contribution in [2.24, 2.45) is 0 Å². The molecule has 3 heterocycles. The number of piperazine rings is 1. The van der Waals surface area contributed by atoms with Gasteiger partial charge in [0.15, 0.2) is 0 Å². The van der Waals surface area contributed by atoms with E-state index in [0.29, 0.717) is 6.42 Å². The van der Waals surface area contributed by atoms with Gasteiger partial charge < -0.3 is 14.4 Å². The van der Waals surface area contributed by atoms with Gasteiger partial charge in [0.1, 0.15) is 5.82 Å². The highest BCUT2D eigenvalue weighted by Crippen LogP contribution is 2.13. The van der Waals surface area contributed by atoms with E-state index in [-0.39, 0.29) is 5.91 Å². The fourth-order valence-electron chi connectivity index (χ4n) is 2.82. The molecule has 2 aromatic rings. The van der Waals surface area contributed by atoms with E-state index in [0.717, 1.165) is 45.0 Å². The van der Waals surface area contributed by atoms with Gasteiger partial charge >= 0.3 is 0 Å². The summed E-state index contributed by atoms with van der Waals surface area (Å²) in [5.41, 5.74) is 0. The highest BCUT2D eigenvalue weighted by atomic mass is 16.2. The third-order valence-corrected chi connectivity index (χ3v) is 4.08. The lowest BCUT2D eigenvalue weighted by atomic mass is 10.2. The molecule has 0 bridgehead atoms. The zero-order chi connectivity index (χ0) is 15.2. The molecule has 1 saturated heterocycles. The lowest BCUT2D eigenvalue weighted by molar-refractivity contribution is -0.131. The number of nitrogens with zero attached hydrogens (tertiary/aromatic N) is 4. The van der Waals surface area contributed by atoms with Gasteiger partial charge in [0.2, 0.25) is 5.91 Å². The average molecular weight is 298 g/mol. The number of aromatic nitrogens is 2. The lowest BCUT2D eigenvalue weighted by Crippen LogP contribution is -2.49. The maximum atomic E-state index is 12.3. The van der Waals surface area contributed by atoms with Gasteiger partial charge in [0, 0.05) is 57.7 Å². The number of aryl methyl sites for hydroxylation is 1. The van der Waals surface area contributed by atoms with Crippen molar-refractivity contribution in [2.45, 2.75) is 19.4 Å². The highest BCUT2D eigenvalue weighted by molar-refractivity contribution is 5.76. The summed E-state index contributed by atoms with van der Waals surface area (Å²) < 4.78 is 2.12. The molecule has 1 aliphatic rings. The number of carbonyl (C=O) groups is 1. The molecule has 0 radical (unpaired) electrons. The van der Waals surface area contributed by atoms with E-state index in [1.54, 1.807) is 0 Å². The fraction of sp³-hybridized carbons (Fsp3) is 0.412.